The summed E-state index contributed by atoms with van der Waals surface area (Å²) in [7, 11) is 0. The van der Waals surface area contributed by atoms with Gasteiger partial charge in [0, 0.05) is 11.3 Å². The Labute approximate surface area is 180 Å². The van der Waals surface area contributed by atoms with E-state index >= 15 is 0 Å². The standard InChI is InChI=1S/C23H23N3O3S/c1-2-3-4-16-5-8-18(9-6-16)24-22(27)14-30-23-12-10-19(25-26-23)17-7-11-20-21(13-17)29-15-28-20/h5-13H,2-4,14-15H2,1H3,(H,24,27). The van der Waals surface area contributed by atoms with E-state index in [0.29, 0.717) is 10.8 Å². The van der Waals surface area contributed by atoms with E-state index in [4.69, 9.17) is 9.47 Å². The van der Waals surface area contributed by atoms with Gasteiger partial charge in [-0.25, -0.2) is 0 Å². The lowest BCUT2D eigenvalue weighted by molar-refractivity contribution is -0.113. The number of anilines is 1. The molecule has 6 nitrogen and oxygen atoms in total. The monoisotopic (exact) mass is 421 g/mol. The molecule has 0 saturated carbocycles. The van der Waals surface area contributed by atoms with Crippen LogP contribution in [0.2, 0.25) is 0 Å². The Balaban J connectivity index is 1.29. The predicted octanol–water partition coefficient (Wildman–Crippen LogP) is 4.95. The average Bonchev–Trinajstić information content (AvgIpc) is 3.25. The van der Waals surface area contributed by atoms with Crippen LogP contribution < -0.4 is 14.8 Å². The van der Waals surface area contributed by atoms with Crippen molar-refractivity contribution in [2.45, 2.75) is 31.2 Å². The first kappa shape index (κ1) is 20.2. The number of carbonyl (C=O) groups is 1. The molecule has 0 spiro atoms. The van der Waals surface area contributed by atoms with Crippen LogP contribution in [0.25, 0.3) is 11.3 Å². The van der Waals surface area contributed by atoms with Crippen molar-refractivity contribution >= 4 is 23.4 Å². The fourth-order valence-electron chi connectivity index (χ4n) is 3.08. The third-order valence-corrected chi connectivity index (χ3v) is 5.64. The number of nitrogens with zero attached hydrogens (tertiary/aromatic N) is 2. The SMILES string of the molecule is CCCCc1ccc(NC(=O)CSc2ccc(-c3ccc4c(c3)OCO4)nn2)cc1. The normalized spacial score (nSPS) is 12.0. The molecule has 2 heterocycles. The molecule has 0 atom stereocenters. The summed E-state index contributed by atoms with van der Waals surface area (Å²) in [5.41, 5.74) is 3.75. The van der Waals surface area contributed by atoms with Crippen molar-refractivity contribution in [2.75, 3.05) is 17.9 Å². The van der Waals surface area contributed by atoms with Gasteiger partial charge in [-0.1, -0.05) is 37.2 Å². The summed E-state index contributed by atoms with van der Waals surface area (Å²) in [6.07, 6.45) is 3.43. The number of hydrogen-bond donors (Lipinski definition) is 1. The van der Waals surface area contributed by atoms with Crippen LogP contribution in [0.3, 0.4) is 0 Å². The molecule has 7 heteroatoms. The van der Waals surface area contributed by atoms with Crippen molar-refractivity contribution < 1.29 is 14.3 Å². The van der Waals surface area contributed by atoms with Crippen LogP contribution in [0.15, 0.2) is 59.6 Å². The minimum absolute atomic E-state index is 0.0667. The van der Waals surface area contributed by atoms with Gasteiger partial charge in [-0.3, -0.25) is 4.79 Å². The zero-order valence-corrected chi connectivity index (χ0v) is 17.6. The third-order valence-electron chi connectivity index (χ3n) is 4.72. The fraction of sp³-hybridized carbons (Fsp3) is 0.261. The smallest absolute Gasteiger partial charge is 0.234 e. The first-order valence-electron chi connectivity index (χ1n) is 9.96. The molecule has 4 rings (SSSR count). The van der Waals surface area contributed by atoms with Gasteiger partial charge >= 0.3 is 0 Å². The number of amides is 1. The Morgan fingerprint density at radius 3 is 2.63 bits per heavy atom. The molecule has 0 radical (unpaired) electrons. The molecule has 1 N–H and O–H groups in total. The predicted molar refractivity (Wildman–Crippen MR) is 118 cm³/mol. The minimum atomic E-state index is -0.0667. The first-order chi connectivity index (χ1) is 14.7. The Morgan fingerprint density at radius 1 is 1.03 bits per heavy atom. The summed E-state index contributed by atoms with van der Waals surface area (Å²) in [5, 5.41) is 12.1. The Kier molecular flexibility index (Phi) is 6.49. The van der Waals surface area contributed by atoms with E-state index in [-0.39, 0.29) is 18.5 Å². The van der Waals surface area contributed by atoms with E-state index in [1.54, 1.807) is 0 Å². The summed E-state index contributed by atoms with van der Waals surface area (Å²) < 4.78 is 10.7. The number of carbonyl (C=O) groups excluding carboxylic acids is 1. The van der Waals surface area contributed by atoms with Crippen LogP contribution in [0.4, 0.5) is 5.69 Å². The lowest BCUT2D eigenvalue weighted by Crippen LogP contribution is -2.14. The number of fused-ring (bicyclic) bond motifs is 1. The number of ether oxygens (including phenoxy) is 2. The largest absolute Gasteiger partial charge is 0.454 e. The highest BCUT2D eigenvalue weighted by molar-refractivity contribution is 7.99. The maximum Gasteiger partial charge on any atom is 0.234 e. The average molecular weight is 422 g/mol. The topological polar surface area (TPSA) is 73.3 Å². The Morgan fingerprint density at radius 2 is 1.87 bits per heavy atom. The van der Waals surface area contributed by atoms with Crippen molar-refractivity contribution in [2.24, 2.45) is 0 Å². The van der Waals surface area contributed by atoms with Crippen LogP contribution in [-0.2, 0) is 11.2 Å². The maximum absolute atomic E-state index is 12.2. The second-order valence-corrected chi connectivity index (χ2v) is 7.96. The minimum Gasteiger partial charge on any atom is -0.454 e. The van der Waals surface area contributed by atoms with Gasteiger partial charge in [-0.15, -0.1) is 10.2 Å². The summed E-state index contributed by atoms with van der Waals surface area (Å²) in [6.45, 7) is 2.42. The number of hydrogen-bond acceptors (Lipinski definition) is 6. The third kappa shape index (κ3) is 5.10. The zero-order valence-electron chi connectivity index (χ0n) is 16.8. The van der Waals surface area contributed by atoms with Crippen LogP contribution in [0.5, 0.6) is 11.5 Å². The fourth-order valence-corrected chi connectivity index (χ4v) is 3.69. The number of aromatic nitrogens is 2. The first-order valence-corrected chi connectivity index (χ1v) is 10.9. The number of benzene rings is 2. The molecular formula is C23H23N3O3S. The molecule has 0 bridgehead atoms. The summed E-state index contributed by atoms with van der Waals surface area (Å²) in [4.78, 5) is 12.2. The van der Waals surface area contributed by atoms with Gasteiger partial charge in [-0.05, 0) is 60.9 Å². The second-order valence-electron chi connectivity index (χ2n) is 6.96. The van der Waals surface area contributed by atoms with Gasteiger partial charge in [0.15, 0.2) is 11.5 Å². The van der Waals surface area contributed by atoms with Gasteiger partial charge in [-0.2, -0.15) is 0 Å². The highest BCUT2D eigenvalue weighted by Crippen LogP contribution is 2.35. The van der Waals surface area contributed by atoms with Crippen LogP contribution in [0.1, 0.15) is 25.3 Å². The number of aryl methyl sites for hydroxylation is 1. The molecule has 30 heavy (non-hydrogen) atoms. The van der Waals surface area contributed by atoms with Gasteiger partial charge in [0.2, 0.25) is 12.7 Å². The molecule has 1 aliphatic heterocycles. The van der Waals surface area contributed by atoms with E-state index in [1.807, 2.05) is 42.5 Å². The van der Waals surface area contributed by atoms with Gasteiger partial charge in [0.1, 0.15) is 5.03 Å². The van der Waals surface area contributed by atoms with E-state index in [1.165, 1.54) is 30.2 Å². The lowest BCUT2D eigenvalue weighted by Gasteiger charge is -2.07. The van der Waals surface area contributed by atoms with Crippen molar-refractivity contribution in [1.82, 2.24) is 10.2 Å². The molecule has 0 unspecified atom stereocenters. The van der Waals surface area contributed by atoms with E-state index in [0.717, 1.165) is 29.1 Å². The second kappa shape index (κ2) is 9.63. The lowest BCUT2D eigenvalue weighted by atomic mass is 10.1. The van der Waals surface area contributed by atoms with Crippen molar-refractivity contribution in [1.29, 1.82) is 0 Å². The molecule has 1 amide bonds. The highest BCUT2D eigenvalue weighted by atomic mass is 32.2. The van der Waals surface area contributed by atoms with Crippen LogP contribution >= 0.6 is 11.8 Å². The van der Waals surface area contributed by atoms with E-state index in [9.17, 15) is 4.79 Å². The van der Waals surface area contributed by atoms with Crippen molar-refractivity contribution in [3.05, 3.63) is 60.2 Å². The molecule has 3 aromatic rings. The molecular weight excluding hydrogens is 398 g/mol. The molecule has 1 aromatic heterocycles. The number of nitrogens with one attached hydrogen (secondary N) is 1. The molecule has 0 fully saturated rings. The Hall–Kier alpha value is -3.06. The van der Waals surface area contributed by atoms with Crippen LogP contribution in [-0.4, -0.2) is 28.7 Å². The zero-order chi connectivity index (χ0) is 20.8. The van der Waals surface area contributed by atoms with Crippen LogP contribution in [0, 0.1) is 0 Å². The quantitative estimate of drug-likeness (QED) is 0.519. The Bertz CT molecular complexity index is 1010. The molecule has 0 aliphatic carbocycles. The summed E-state index contributed by atoms with van der Waals surface area (Å²) in [6, 6.07) is 17.5. The summed E-state index contributed by atoms with van der Waals surface area (Å²) in [5.74, 6) is 1.65. The molecule has 2 aromatic carbocycles. The summed E-state index contributed by atoms with van der Waals surface area (Å²) >= 11 is 1.36. The molecule has 1 aliphatic rings. The maximum atomic E-state index is 12.2. The number of unbranched alkanes of at least 4 members (excludes halogenated alkanes) is 1. The molecule has 154 valence electrons. The number of thioether (sulfide) groups is 1. The van der Waals surface area contributed by atoms with Gasteiger partial charge in [0.05, 0.1) is 11.4 Å². The van der Waals surface area contributed by atoms with Crippen molar-refractivity contribution in [3.8, 4) is 22.8 Å². The van der Waals surface area contributed by atoms with Gasteiger partial charge < -0.3 is 14.8 Å². The van der Waals surface area contributed by atoms with Crippen molar-refractivity contribution in [3.63, 3.8) is 0 Å². The van der Waals surface area contributed by atoms with Gasteiger partial charge in [0.25, 0.3) is 0 Å². The highest BCUT2D eigenvalue weighted by Gasteiger charge is 2.14. The van der Waals surface area contributed by atoms with E-state index in [2.05, 4.69) is 34.6 Å². The molecule has 0 saturated heterocycles. The van der Waals surface area contributed by atoms with E-state index < -0.39 is 0 Å². The number of rotatable bonds is 8.